The lowest BCUT2D eigenvalue weighted by molar-refractivity contribution is -0.141. The summed E-state index contributed by atoms with van der Waals surface area (Å²) in [5, 5.41) is 3.58. The van der Waals surface area contributed by atoms with Crippen LogP contribution in [0.3, 0.4) is 0 Å². The van der Waals surface area contributed by atoms with Gasteiger partial charge in [-0.3, -0.25) is 14.6 Å². The number of carbonyl (C=O) groups is 2. The highest BCUT2D eigenvalue weighted by Gasteiger charge is 2.30. The molecule has 1 heterocycles. The fraction of sp³-hybridized carbons (Fsp3) is 0.208. The molecule has 0 saturated heterocycles. The number of nitrogens with one attached hydrogen (secondary N) is 1. The second kappa shape index (κ2) is 10.6. The molecule has 1 atom stereocenters. The average Bonchev–Trinajstić information content (AvgIpc) is 2.79. The number of halogens is 1. The second-order valence-electron chi connectivity index (χ2n) is 6.89. The molecular weight excluding hydrogens is 398 g/mol. The molecular formula is C24H24ClN3O2. The van der Waals surface area contributed by atoms with Crippen LogP contribution in [0.1, 0.15) is 36.1 Å². The Kier molecular flexibility index (Phi) is 7.57. The molecule has 2 amide bonds. The monoisotopic (exact) mass is 421 g/mol. The third kappa shape index (κ3) is 5.67. The van der Waals surface area contributed by atoms with Gasteiger partial charge in [-0.15, -0.1) is 0 Å². The summed E-state index contributed by atoms with van der Waals surface area (Å²) in [6.45, 7) is 2.45. The molecule has 0 aliphatic rings. The molecule has 0 saturated carbocycles. The lowest BCUT2D eigenvalue weighted by Crippen LogP contribution is -2.43. The summed E-state index contributed by atoms with van der Waals surface area (Å²) in [6, 6.07) is 19.6. The van der Waals surface area contributed by atoms with Crippen LogP contribution in [-0.2, 0) is 22.7 Å². The fourth-order valence-electron chi connectivity index (χ4n) is 3.21. The first kappa shape index (κ1) is 21.5. The van der Waals surface area contributed by atoms with Crippen molar-refractivity contribution in [3.05, 3.63) is 101 Å². The number of hydrogen-bond donors (Lipinski definition) is 1. The van der Waals surface area contributed by atoms with Gasteiger partial charge in [0.1, 0.15) is 6.04 Å². The van der Waals surface area contributed by atoms with Crippen molar-refractivity contribution in [1.29, 1.82) is 0 Å². The average molecular weight is 422 g/mol. The molecule has 0 radical (unpaired) electrons. The van der Waals surface area contributed by atoms with Crippen molar-refractivity contribution in [1.82, 2.24) is 15.2 Å². The molecule has 0 aliphatic carbocycles. The Hall–Kier alpha value is -3.18. The number of hydrogen-bond acceptors (Lipinski definition) is 3. The molecule has 154 valence electrons. The van der Waals surface area contributed by atoms with E-state index in [1.807, 2.05) is 54.6 Å². The highest BCUT2D eigenvalue weighted by molar-refractivity contribution is 6.30. The summed E-state index contributed by atoms with van der Waals surface area (Å²) in [6.07, 6.45) is 3.69. The van der Waals surface area contributed by atoms with Gasteiger partial charge >= 0.3 is 0 Å². The van der Waals surface area contributed by atoms with E-state index in [0.29, 0.717) is 24.5 Å². The zero-order valence-electron chi connectivity index (χ0n) is 16.8. The van der Waals surface area contributed by atoms with Gasteiger partial charge in [0.25, 0.3) is 0 Å². The lowest BCUT2D eigenvalue weighted by Gasteiger charge is -2.31. The molecule has 3 rings (SSSR count). The Morgan fingerprint density at radius 2 is 1.73 bits per heavy atom. The number of benzene rings is 2. The molecule has 5 nitrogen and oxygen atoms in total. The van der Waals surface area contributed by atoms with Crippen molar-refractivity contribution >= 4 is 23.4 Å². The van der Waals surface area contributed by atoms with Crippen molar-refractivity contribution in [3.63, 3.8) is 0 Å². The molecule has 1 aromatic heterocycles. The van der Waals surface area contributed by atoms with Crippen LogP contribution in [0.4, 0.5) is 0 Å². The van der Waals surface area contributed by atoms with Gasteiger partial charge in [-0.25, -0.2) is 0 Å². The molecule has 1 N–H and O–H groups in total. The van der Waals surface area contributed by atoms with Crippen LogP contribution in [0.2, 0.25) is 5.02 Å². The summed E-state index contributed by atoms with van der Waals surface area (Å²) >= 11 is 6.00. The Morgan fingerprint density at radius 1 is 1.00 bits per heavy atom. The van der Waals surface area contributed by atoms with Crippen LogP contribution in [0, 0.1) is 0 Å². The predicted octanol–water partition coefficient (Wildman–Crippen LogP) is 4.53. The highest BCUT2D eigenvalue weighted by Crippen LogP contribution is 2.25. The molecule has 2 aromatic carbocycles. The van der Waals surface area contributed by atoms with E-state index in [4.69, 9.17) is 11.6 Å². The molecule has 3 aromatic rings. The van der Waals surface area contributed by atoms with Crippen molar-refractivity contribution in [2.75, 3.05) is 0 Å². The van der Waals surface area contributed by atoms with Crippen LogP contribution in [0.25, 0.3) is 0 Å². The van der Waals surface area contributed by atoms with Crippen LogP contribution in [0.15, 0.2) is 79.1 Å². The van der Waals surface area contributed by atoms with Gasteiger partial charge < -0.3 is 10.2 Å². The number of rotatable bonds is 8. The van der Waals surface area contributed by atoms with E-state index < -0.39 is 6.04 Å². The fourth-order valence-corrected chi connectivity index (χ4v) is 3.34. The number of pyridine rings is 1. The highest BCUT2D eigenvalue weighted by atomic mass is 35.5. The van der Waals surface area contributed by atoms with Gasteiger partial charge in [0.05, 0.1) is 0 Å². The Bertz CT molecular complexity index is 963. The zero-order chi connectivity index (χ0) is 21.3. The van der Waals surface area contributed by atoms with Crippen LogP contribution in [-0.4, -0.2) is 21.7 Å². The summed E-state index contributed by atoms with van der Waals surface area (Å²) < 4.78 is 0. The van der Waals surface area contributed by atoms with Crippen molar-refractivity contribution in [3.8, 4) is 0 Å². The van der Waals surface area contributed by atoms with Gasteiger partial charge in [-0.2, -0.15) is 0 Å². The number of carbonyl (C=O) groups excluding carboxylic acids is 2. The minimum Gasteiger partial charge on any atom is -0.350 e. The van der Waals surface area contributed by atoms with E-state index in [-0.39, 0.29) is 11.8 Å². The Balaban J connectivity index is 1.89. The van der Waals surface area contributed by atoms with Crippen LogP contribution >= 0.6 is 11.6 Å². The second-order valence-corrected chi connectivity index (χ2v) is 7.33. The van der Waals surface area contributed by atoms with Crippen molar-refractivity contribution in [2.45, 2.75) is 32.5 Å². The third-order valence-corrected chi connectivity index (χ3v) is 5.01. The summed E-state index contributed by atoms with van der Waals surface area (Å²) in [7, 11) is 0. The first-order valence-corrected chi connectivity index (χ1v) is 10.2. The standard InChI is InChI=1S/C24H24ClN3O2/c1-2-22(29)28(17-18-10-12-21(25)13-11-18)23(20-8-4-3-5-9-20)24(30)27-16-19-7-6-14-26-15-19/h3-15,23H,2,16-17H2,1H3,(H,27,30)/t23-/m1/s1. The summed E-state index contributed by atoms with van der Waals surface area (Å²) in [5.74, 6) is -0.337. The van der Waals surface area contributed by atoms with Gasteiger partial charge in [0.2, 0.25) is 11.8 Å². The quantitative estimate of drug-likeness (QED) is 0.581. The molecule has 0 bridgehead atoms. The van der Waals surface area contributed by atoms with Gasteiger partial charge in [-0.05, 0) is 34.9 Å². The van der Waals surface area contributed by atoms with Gasteiger partial charge in [0.15, 0.2) is 0 Å². The van der Waals surface area contributed by atoms with E-state index in [1.165, 1.54) is 0 Å². The van der Waals surface area contributed by atoms with E-state index >= 15 is 0 Å². The third-order valence-electron chi connectivity index (χ3n) is 4.75. The molecule has 0 spiro atoms. The first-order valence-electron chi connectivity index (χ1n) is 9.84. The van der Waals surface area contributed by atoms with Gasteiger partial charge in [-0.1, -0.05) is 67.1 Å². The van der Waals surface area contributed by atoms with Gasteiger partial charge in [0, 0.05) is 36.9 Å². The molecule has 0 unspecified atom stereocenters. The van der Waals surface area contributed by atoms with E-state index in [9.17, 15) is 9.59 Å². The largest absolute Gasteiger partial charge is 0.350 e. The van der Waals surface area contributed by atoms with E-state index in [2.05, 4.69) is 10.3 Å². The molecule has 0 aliphatic heterocycles. The number of amides is 2. The SMILES string of the molecule is CCC(=O)N(Cc1ccc(Cl)cc1)[C@@H](C(=O)NCc1cccnc1)c1ccccc1. The number of nitrogens with zero attached hydrogens (tertiary/aromatic N) is 2. The smallest absolute Gasteiger partial charge is 0.247 e. The predicted molar refractivity (Wildman–Crippen MR) is 118 cm³/mol. The van der Waals surface area contributed by atoms with Crippen molar-refractivity contribution in [2.24, 2.45) is 0 Å². The maximum absolute atomic E-state index is 13.3. The zero-order valence-corrected chi connectivity index (χ0v) is 17.5. The maximum Gasteiger partial charge on any atom is 0.247 e. The van der Waals surface area contributed by atoms with E-state index in [0.717, 1.165) is 16.7 Å². The lowest BCUT2D eigenvalue weighted by atomic mass is 10.0. The Morgan fingerprint density at radius 3 is 2.37 bits per heavy atom. The first-order chi connectivity index (χ1) is 14.6. The molecule has 30 heavy (non-hydrogen) atoms. The van der Waals surface area contributed by atoms with Crippen LogP contribution in [0.5, 0.6) is 0 Å². The molecule has 6 heteroatoms. The minimum atomic E-state index is -0.744. The summed E-state index contributed by atoms with van der Waals surface area (Å²) in [5.41, 5.74) is 2.56. The maximum atomic E-state index is 13.3. The summed E-state index contributed by atoms with van der Waals surface area (Å²) in [4.78, 5) is 31.9. The topological polar surface area (TPSA) is 62.3 Å². The van der Waals surface area contributed by atoms with Crippen LogP contribution < -0.4 is 5.32 Å². The number of aromatic nitrogens is 1. The van der Waals surface area contributed by atoms with E-state index in [1.54, 1.807) is 36.4 Å². The Labute approximate surface area is 181 Å². The van der Waals surface area contributed by atoms with Crippen molar-refractivity contribution < 1.29 is 9.59 Å². The minimum absolute atomic E-state index is 0.102. The normalized spacial score (nSPS) is 11.5. The molecule has 0 fully saturated rings.